The van der Waals surface area contributed by atoms with Crippen molar-refractivity contribution in [3.05, 3.63) is 41.6 Å². The molecule has 0 bridgehead atoms. The Morgan fingerprint density at radius 3 is 3.00 bits per heavy atom. The standard InChI is InChI=1S/C13H12N4/c1-2-4-10-8(3-1)5-11(15-10)13-9-6-14-7-12(9)16-17-13/h1-5,14-15H,6-7H2,(H,16,17). The summed E-state index contributed by atoms with van der Waals surface area (Å²) in [5.41, 5.74) is 5.79. The van der Waals surface area contributed by atoms with E-state index in [2.05, 4.69) is 44.8 Å². The number of fused-ring (bicyclic) bond motifs is 2. The van der Waals surface area contributed by atoms with E-state index in [1.807, 2.05) is 6.07 Å². The van der Waals surface area contributed by atoms with E-state index >= 15 is 0 Å². The van der Waals surface area contributed by atoms with Crippen molar-refractivity contribution < 1.29 is 0 Å². The number of aromatic nitrogens is 3. The first-order valence-electron chi connectivity index (χ1n) is 5.77. The molecule has 0 aliphatic carbocycles. The second-order valence-corrected chi connectivity index (χ2v) is 4.40. The number of nitrogens with zero attached hydrogens (tertiary/aromatic N) is 1. The lowest BCUT2D eigenvalue weighted by molar-refractivity contribution is 0.743. The van der Waals surface area contributed by atoms with Gasteiger partial charge in [-0.05, 0) is 12.1 Å². The van der Waals surface area contributed by atoms with Crippen LogP contribution in [0.4, 0.5) is 0 Å². The Morgan fingerprint density at radius 2 is 2.06 bits per heavy atom. The highest BCUT2D eigenvalue weighted by Gasteiger charge is 2.19. The van der Waals surface area contributed by atoms with Gasteiger partial charge in [0, 0.05) is 29.6 Å². The number of para-hydroxylation sites is 1. The first kappa shape index (κ1) is 9.01. The lowest BCUT2D eigenvalue weighted by Gasteiger charge is -1.94. The Hall–Kier alpha value is -2.07. The first-order chi connectivity index (χ1) is 8.42. The van der Waals surface area contributed by atoms with Crippen LogP contribution in [0.1, 0.15) is 11.3 Å². The summed E-state index contributed by atoms with van der Waals surface area (Å²) >= 11 is 0. The molecule has 0 atom stereocenters. The number of rotatable bonds is 1. The molecule has 0 spiro atoms. The Bertz CT molecular complexity index is 659. The number of aromatic amines is 2. The van der Waals surface area contributed by atoms with Crippen LogP contribution in [0.25, 0.3) is 22.3 Å². The van der Waals surface area contributed by atoms with E-state index < -0.39 is 0 Å². The van der Waals surface area contributed by atoms with Crippen molar-refractivity contribution in [2.75, 3.05) is 0 Å². The maximum atomic E-state index is 4.41. The molecular formula is C13H12N4. The van der Waals surface area contributed by atoms with E-state index in [1.54, 1.807) is 0 Å². The Balaban J connectivity index is 1.93. The van der Waals surface area contributed by atoms with Crippen LogP contribution in [0, 0.1) is 0 Å². The van der Waals surface area contributed by atoms with Gasteiger partial charge in [-0.1, -0.05) is 18.2 Å². The fraction of sp³-hybridized carbons (Fsp3) is 0.154. The summed E-state index contributed by atoms with van der Waals surface area (Å²) in [5.74, 6) is 0. The highest BCUT2D eigenvalue weighted by molar-refractivity contribution is 5.85. The topological polar surface area (TPSA) is 56.5 Å². The van der Waals surface area contributed by atoms with Crippen molar-refractivity contribution in [3.8, 4) is 11.4 Å². The molecule has 3 N–H and O–H groups in total. The van der Waals surface area contributed by atoms with Gasteiger partial charge in [-0.25, -0.2) is 0 Å². The van der Waals surface area contributed by atoms with Gasteiger partial charge in [0.15, 0.2) is 0 Å². The summed E-state index contributed by atoms with van der Waals surface area (Å²) in [6.07, 6.45) is 0. The van der Waals surface area contributed by atoms with Gasteiger partial charge in [-0.3, -0.25) is 5.10 Å². The summed E-state index contributed by atoms with van der Waals surface area (Å²) in [6, 6.07) is 10.4. The Kier molecular flexibility index (Phi) is 1.70. The second kappa shape index (κ2) is 3.21. The fourth-order valence-electron chi connectivity index (χ4n) is 2.47. The molecule has 0 saturated heterocycles. The van der Waals surface area contributed by atoms with Gasteiger partial charge in [-0.2, -0.15) is 5.10 Å². The van der Waals surface area contributed by atoms with Crippen molar-refractivity contribution in [1.29, 1.82) is 0 Å². The zero-order valence-corrected chi connectivity index (χ0v) is 9.25. The highest BCUT2D eigenvalue weighted by Crippen LogP contribution is 2.28. The minimum absolute atomic E-state index is 0.891. The summed E-state index contributed by atoms with van der Waals surface area (Å²) < 4.78 is 0. The van der Waals surface area contributed by atoms with Gasteiger partial charge in [-0.15, -0.1) is 0 Å². The molecule has 1 aliphatic heterocycles. The monoisotopic (exact) mass is 224 g/mol. The lowest BCUT2D eigenvalue weighted by Crippen LogP contribution is -2.02. The fourth-order valence-corrected chi connectivity index (χ4v) is 2.47. The van der Waals surface area contributed by atoms with E-state index in [9.17, 15) is 0 Å². The molecule has 4 nitrogen and oxygen atoms in total. The predicted octanol–water partition coefficient (Wildman–Crippen LogP) is 2.16. The minimum Gasteiger partial charge on any atom is -0.353 e. The van der Waals surface area contributed by atoms with E-state index in [-0.39, 0.29) is 0 Å². The van der Waals surface area contributed by atoms with Crippen LogP contribution in [-0.2, 0) is 13.1 Å². The molecule has 3 heterocycles. The molecule has 17 heavy (non-hydrogen) atoms. The van der Waals surface area contributed by atoms with Crippen molar-refractivity contribution >= 4 is 10.9 Å². The zero-order chi connectivity index (χ0) is 11.2. The number of H-pyrrole nitrogens is 2. The number of hydrogen-bond acceptors (Lipinski definition) is 2. The Labute approximate surface area is 98.1 Å². The van der Waals surface area contributed by atoms with Gasteiger partial charge in [0.05, 0.1) is 11.4 Å². The van der Waals surface area contributed by atoms with Crippen LogP contribution < -0.4 is 5.32 Å². The summed E-state index contributed by atoms with van der Waals surface area (Å²) in [4.78, 5) is 3.42. The SMILES string of the molecule is c1ccc2[nH]c(-c3n[nH]c4c3CNC4)cc2c1. The highest BCUT2D eigenvalue weighted by atomic mass is 15.2. The largest absolute Gasteiger partial charge is 0.353 e. The van der Waals surface area contributed by atoms with Gasteiger partial charge < -0.3 is 10.3 Å². The Morgan fingerprint density at radius 1 is 1.12 bits per heavy atom. The molecule has 84 valence electrons. The van der Waals surface area contributed by atoms with Gasteiger partial charge in [0.25, 0.3) is 0 Å². The third-order valence-electron chi connectivity index (χ3n) is 3.34. The summed E-state index contributed by atoms with van der Waals surface area (Å²) in [5, 5.41) is 12.1. The normalized spacial score (nSPS) is 14.4. The lowest BCUT2D eigenvalue weighted by atomic mass is 10.1. The number of hydrogen-bond donors (Lipinski definition) is 3. The predicted molar refractivity (Wildman–Crippen MR) is 66.4 cm³/mol. The van der Waals surface area contributed by atoms with E-state index in [4.69, 9.17) is 0 Å². The second-order valence-electron chi connectivity index (χ2n) is 4.40. The molecule has 1 aliphatic rings. The summed E-state index contributed by atoms with van der Waals surface area (Å²) in [7, 11) is 0. The zero-order valence-electron chi connectivity index (χ0n) is 9.25. The maximum absolute atomic E-state index is 4.41. The minimum atomic E-state index is 0.891. The third-order valence-corrected chi connectivity index (χ3v) is 3.34. The molecule has 0 saturated carbocycles. The molecular weight excluding hydrogens is 212 g/mol. The molecule has 4 rings (SSSR count). The molecule has 3 aromatic rings. The number of nitrogens with one attached hydrogen (secondary N) is 3. The summed E-state index contributed by atoms with van der Waals surface area (Å²) in [6.45, 7) is 1.79. The average Bonchev–Trinajstić information content (AvgIpc) is 3.02. The van der Waals surface area contributed by atoms with Crippen LogP contribution in [0.2, 0.25) is 0 Å². The van der Waals surface area contributed by atoms with E-state index in [1.165, 1.54) is 16.6 Å². The number of benzene rings is 1. The maximum Gasteiger partial charge on any atom is 0.113 e. The van der Waals surface area contributed by atoms with E-state index in [0.717, 1.165) is 30.0 Å². The first-order valence-corrected chi connectivity index (χ1v) is 5.77. The third kappa shape index (κ3) is 1.24. The molecule has 0 unspecified atom stereocenters. The molecule has 0 fully saturated rings. The van der Waals surface area contributed by atoms with Gasteiger partial charge >= 0.3 is 0 Å². The average molecular weight is 224 g/mol. The van der Waals surface area contributed by atoms with Gasteiger partial charge in [0.1, 0.15) is 5.69 Å². The molecule has 1 aromatic carbocycles. The smallest absolute Gasteiger partial charge is 0.113 e. The van der Waals surface area contributed by atoms with Crippen LogP contribution in [0.5, 0.6) is 0 Å². The quantitative estimate of drug-likeness (QED) is 0.593. The van der Waals surface area contributed by atoms with Crippen LogP contribution >= 0.6 is 0 Å². The molecule has 0 amide bonds. The molecule has 2 aromatic heterocycles. The molecule has 4 heteroatoms. The van der Waals surface area contributed by atoms with E-state index in [0.29, 0.717) is 0 Å². The van der Waals surface area contributed by atoms with Crippen molar-refractivity contribution in [2.24, 2.45) is 0 Å². The van der Waals surface area contributed by atoms with Crippen LogP contribution in [0.3, 0.4) is 0 Å². The molecule has 0 radical (unpaired) electrons. The van der Waals surface area contributed by atoms with Crippen molar-refractivity contribution in [3.63, 3.8) is 0 Å². The van der Waals surface area contributed by atoms with Gasteiger partial charge in [0.2, 0.25) is 0 Å². The van der Waals surface area contributed by atoms with Crippen LogP contribution in [0.15, 0.2) is 30.3 Å². The van der Waals surface area contributed by atoms with Crippen LogP contribution in [-0.4, -0.2) is 15.2 Å². The van der Waals surface area contributed by atoms with Crippen molar-refractivity contribution in [2.45, 2.75) is 13.1 Å². The van der Waals surface area contributed by atoms with Crippen molar-refractivity contribution in [1.82, 2.24) is 20.5 Å².